The van der Waals surface area contributed by atoms with Gasteiger partial charge in [0.2, 0.25) is 0 Å². The van der Waals surface area contributed by atoms with Crippen molar-refractivity contribution in [3.05, 3.63) is 100 Å². The van der Waals surface area contributed by atoms with Crippen LogP contribution in [0.15, 0.2) is 99.8 Å². The van der Waals surface area contributed by atoms with Crippen molar-refractivity contribution in [1.29, 1.82) is 0 Å². The maximum absolute atomic E-state index is 13.4. The summed E-state index contributed by atoms with van der Waals surface area (Å²) < 4.78 is 3.12. The van der Waals surface area contributed by atoms with Crippen molar-refractivity contribution >= 4 is 34.5 Å². The molecule has 146 valence electrons. The molecule has 0 amide bonds. The van der Waals surface area contributed by atoms with E-state index < -0.39 is 0 Å². The Morgan fingerprint density at radius 2 is 1.47 bits per heavy atom. The molecule has 2 heterocycles. The zero-order chi connectivity index (χ0) is 20.5. The summed E-state index contributed by atoms with van der Waals surface area (Å²) in [6, 6.07) is 26.3. The molecule has 0 aliphatic rings. The lowest BCUT2D eigenvalue weighted by Gasteiger charge is -2.12. The van der Waals surface area contributed by atoms with Crippen molar-refractivity contribution in [3.8, 4) is 11.4 Å². The number of rotatable bonds is 4. The monoisotopic (exact) mass is 431 g/mol. The molecule has 2 aromatic heterocycles. The molecule has 0 atom stereocenters. The van der Waals surface area contributed by atoms with Crippen LogP contribution in [0.4, 0.5) is 0 Å². The van der Waals surface area contributed by atoms with Crippen LogP contribution in [0.25, 0.3) is 22.5 Å². The summed E-state index contributed by atoms with van der Waals surface area (Å²) in [5, 5.41) is 9.42. The molecule has 0 aliphatic carbocycles. The number of halogens is 1. The van der Waals surface area contributed by atoms with Gasteiger partial charge < -0.3 is 0 Å². The van der Waals surface area contributed by atoms with Crippen molar-refractivity contribution in [3.63, 3.8) is 0 Å². The highest BCUT2D eigenvalue weighted by Gasteiger charge is 2.19. The van der Waals surface area contributed by atoms with Crippen LogP contribution in [0.5, 0.6) is 0 Å². The third-order valence-corrected chi connectivity index (χ3v) is 5.70. The van der Waals surface area contributed by atoms with E-state index in [0.29, 0.717) is 21.5 Å². The van der Waals surface area contributed by atoms with Gasteiger partial charge in [0.1, 0.15) is 0 Å². The summed E-state index contributed by atoms with van der Waals surface area (Å²) >= 11 is 7.44. The Labute approximate surface area is 180 Å². The molecular formula is C22H14ClN5OS. The van der Waals surface area contributed by atoms with Crippen molar-refractivity contribution in [2.75, 3.05) is 0 Å². The average molecular weight is 432 g/mol. The molecule has 5 rings (SSSR count). The summed E-state index contributed by atoms with van der Waals surface area (Å²) in [5.41, 5.74) is 1.77. The summed E-state index contributed by atoms with van der Waals surface area (Å²) in [7, 11) is 0. The first-order valence-electron chi connectivity index (χ1n) is 9.13. The largest absolute Gasteiger partial charge is 0.288 e. The van der Waals surface area contributed by atoms with Crippen LogP contribution in [0.1, 0.15) is 0 Å². The molecular weight excluding hydrogens is 418 g/mol. The van der Waals surface area contributed by atoms with Crippen molar-refractivity contribution in [2.24, 2.45) is 0 Å². The van der Waals surface area contributed by atoms with E-state index in [9.17, 15) is 4.79 Å². The number of nitrogens with zero attached hydrogens (tertiary/aromatic N) is 5. The highest BCUT2D eigenvalue weighted by atomic mass is 35.5. The van der Waals surface area contributed by atoms with Gasteiger partial charge in [-0.15, -0.1) is 5.10 Å². The van der Waals surface area contributed by atoms with Crippen molar-refractivity contribution in [1.82, 2.24) is 24.5 Å². The van der Waals surface area contributed by atoms with Crippen LogP contribution in [0.2, 0.25) is 5.02 Å². The van der Waals surface area contributed by atoms with Gasteiger partial charge in [0, 0.05) is 9.92 Å². The third kappa shape index (κ3) is 3.38. The van der Waals surface area contributed by atoms with Crippen LogP contribution in [-0.2, 0) is 0 Å². The normalized spacial score (nSPS) is 11.1. The fourth-order valence-electron chi connectivity index (χ4n) is 3.07. The van der Waals surface area contributed by atoms with E-state index in [2.05, 4.69) is 10.3 Å². The first-order chi connectivity index (χ1) is 14.7. The molecule has 5 aromatic rings. The lowest BCUT2D eigenvalue weighted by molar-refractivity contribution is 0.794. The van der Waals surface area contributed by atoms with E-state index in [1.165, 1.54) is 11.8 Å². The van der Waals surface area contributed by atoms with Gasteiger partial charge in [0.25, 0.3) is 5.56 Å². The molecule has 0 fully saturated rings. The molecule has 6 nitrogen and oxygen atoms in total. The number of hydrogen-bond acceptors (Lipinski definition) is 5. The van der Waals surface area contributed by atoms with Crippen molar-refractivity contribution in [2.45, 2.75) is 10.1 Å². The van der Waals surface area contributed by atoms with E-state index in [0.717, 1.165) is 10.6 Å². The van der Waals surface area contributed by atoms with Crippen molar-refractivity contribution < 1.29 is 0 Å². The Hall–Kier alpha value is -3.42. The minimum absolute atomic E-state index is 0.200. The van der Waals surface area contributed by atoms with Gasteiger partial charge in [-0.3, -0.25) is 9.36 Å². The van der Waals surface area contributed by atoms with E-state index in [-0.39, 0.29) is 11.1 Å². The van der Waals surface area contributed by atoms with Crippen LogP contribution < -0.4 is 5.56 Å². The van der Waals surface area contributed by atoms with Gasteiger partial charge in [-0.25, -0.2) is 4.98 Å². The Morgan fingerprint density at radius 1 is 0.800 bits per heavy atom. The van der Waals surface area contributed by atoms with Gasteiger partial charge in [0.15, 0.2) is 16.3 Å². The number of fused-ring (bicyclic) bond motifs is 1. The fraction of sp³-hybridized carbons (Fsp3) is 0. The standard InChI is InChI=1S/C22H14ClN5OS/c23-15-11-13-16(14-12-15)27-21(29)19-20(24-22(27)30-18-9-5-2-6-10-18)28(26-25-19)17-7-3-1-4-8-17/h1-14H. The van der Waals surface area contributed by atoms with Gasteiger partial charge in [0.05, 0.1) is 11.4 Å². The molecule has 0 radical (unpaired) electrons. The van der Waals surface area contributed by atoms with Gasteiger partial charge in [-0.2, -0.15) is 4.68 Å². The summed E-state index contributed by atoms with van der Waals surface area (Å²) in [4.78, 5) is 19.2. The zero-order valence-electron chi connectivity index (χ0n) is 15.5. The second-order valence-corrected chi connectivity index (χ2v) is 7.91. The number of aromatic nitrogens is 5. The molecule has 0 N–H and O–H groups in total. The summed E-state index contributed by atoms with van der Waals surface area (Å²) in [6.07, 6.45) is 0. The SMILES string of the molecule is O=c1c2nnn(-c3ccccc3)c2nc(Sc2ccccc2)n1-c1ccc(Cl)cc1. The lowest BCUT2D eigenvalue weighted by atomic mass is 10.3. The van der Waals surface area contributed by atoms with Crippen LogP contribution in [0.3, 0.4) is 0 Å². The highest BCUT2D eigenvalue weighted by molar-refractivity contribution is 7.99. The summed E-state index contributed by atoms with van der Waals surface area (Å²) in [6.45, 7) is 0. The smallest absolute Gasteiger partial charge is 0.266 e. The van der Waals surface area contributed by atoms with E-state index in [4.69, 9.17) is 16.6 Å². The molecule has 0 aliphatic heterocycles. The molecule has 0 unspecified atom stereocenters. The van der Waals surface area contributed by atoms with Crippen LogP contribution in [-0.4, -0.2) is 24.5 Å². The molecule has 8 heteroatoms. The fourth-order valence-corrected chi connectivity index (χ4v) is 4.11. The maximum Gasteiger partial charge on any atom is 0.288 e. The Morgan fingerprint density at radius 3 is 2.17 bits per heavy atom. The number of para-hydroxylation sites is 1. The Balaban J connectivity index is 1.77. The minimum atomic E-state index is -0.289. The quantitative estimate of drug-likeness (QED) is 0.383. The van der Waals surface area contributed by atoms with Crippen LogP contribution >= 0.6 is 23.4 Å². The zero-order valence-corrected chi connectivity index (χ0v) is 17.1. The molecule has 0 saturated carbocycles. The molecule has 0 saturated heterocycles. The van der Waals surface area contributed by atoms with Gasteiger partial charge in [-0.1, -0.05) is 65.0 Å². The second-order valence-electron chi connectivity index (χ2n) is 6.44. The first kappa shape index (κ1) is 18.6. The van der Waals surface area contributed by atoms with Crippen LogP contribution in [0, 0.1) is 0 Å². The second kappa shape index (κ2) is 7.78. The highest BCUT2D eigenvalue weighted by Crippen LogP contribution is 2.28. The molecule has 0 bridgehead atoms. The minimum Gasteiger partial charge on any atom is -0.266 e. The molecule has 3 aromatic carbocycles. The van der Waals surface area contributed by atoms with E-state index >= 15 is 0 Å². The van der Waals surface area contributed by atoms with Gasteiger partial charge in [-0.05, 0) is 48.5 Å². The Bertz CT molecular complexity index is 1380. The predicted molar refractivity (Wildman–Crippen MR) is 118 cm³/mol. The maximum atomic E-state index is 13.4. The van der Waals surface area contributed by atoms with Gasteiger partial charge >= 0.3 is 0 Å². The molecule has 30 heavy (non-hydrogen) atoms. The molecule has 0 spiro atoms. The number of benzene rings is 3. The lowest BCUT2D eigenvalue weighted by Crippen LogP contribution is -2.22. The predicted octanol–water partition coefficient (Wildman–Crippen LogP) is 4.77. The van der Waals surface area contributed by atoms with E-state index in [1.54, 1.807) is 33.5 Å². The van der Waals surface area contributed by atoms with E-state index in [1.807, 2.05) is 60.7 Å². The summed E-state index contributed by atoms with van der Waals surface area (Å²) in [5.74, 6) is 0. The number of hydrogen-bond donors (Lipinski definition) is 0. The third-order valence-electron chi connectivity index (χ3n) is 4.48. The Kier molecular flexibility index (Phi) is 4.82. The first-order valence-corrected chi connectivity index (χ1v) is 10.3. The topological polar surface area (TPSA) is 65.6 Å². The average Bonchev–Trinajstić information content (AvgIpc) is 3.21.